The van der Waals surface area contributed by atoms with Crippen LogP contribution >= 0.6 is 0 Å². The molecule has 6 nitrogen and oxygen atoms in total. The van der Waals surface area contributed by atoms with Crippen molar-refractivity contribution >= 4 is 17.6 Å². The number of amides is 1. The summed E-state index contributed by atoms with van der Waals surface area (Å²) in [6.07, 6.45) is 2.12. The fourth-order valence-corrected chi connectivity index (χ4v) is 1.44. The van der Waals surface area contributed by atoms with E-state index in [1.807, 2.05) is 0 Å². The summed E-state index contributed by atoms with van der Waals surface area (Å²) < 4.78 is 0. The van der Waals surface area contributed by atoms with E-state index >= 15 is 0 Å². The Labute approximate surface area is 105 Å². The second-order valence-corrected chi connectivity index (χ2v) is 4.16. The van der Waals surface area contributed by atoms with Crippen LogP contribution in [0.15, 0.2) is 18.3 Å². The van der Waals surface area contributed by atoms with Crippen LogP contribution in [0.1, 0.15) is 25.5 Å². The number of anilines is 1. The van der Waals surface area contributed by atoms with Crippen LogP contribution in [0.3, 0.4) is 0 Å². The number of nitrogens with one attached hydrogen (secondary N) is 1. The summed E-state index contributed by atoms with van der Waals surface area (Å²) in [5.74, 6) is -1.04. The van der Waals surface area contributed by atoms with E-state index in [-0.39, 0.29) is 24.8 Å². The molecule has 0 spiro atoms. The van der Waals surface area contributed by atoms with Gasteiger partial charge < -0.3 is 16.2 Å². The third-order valence-electron chi connectivity index (χ3n) is 2.39. The van der Waals surface area contributed by atoms with Gasteiger partial charge in [0.1, 0.15) is 0 Å². The van der Waals surface area contributed by atoms with Crippen molar-refractivity contribution in [2.24, 2.45) is 0 Å². The van der Waals surface area contributed by atoms with Crippen LogP contribution in [0, 0.1) is 0 Å². The molecule has 18 heavy (non-hydrogen) atoms. The predicted octanol–water partition coefficient (Wildman–Crippen LogP) is 0.576. The number of nitrogen functional groups attached to an aromatic ring is 1. The quantitative estimate of drug-likeness (QED) is 0.685. The number of carbonyl (C=O) groups excluding carboxylic acids is 1. The lowest BCUT2D eigenvalue weighted by molar-refractivity contribution is -0.137. The van der Waals surface area contributed by atoms with E-state index < -0.39 is 5.97 Å². The molecule has 1 rings (SSSR count). The molecular formula is C12H17N3O3. The Kier molecular flexibility index (Phi) is 5.10. The van der Waals surface area contributed by atoms with Crippen molar-refractivity contribution in [3.05, 3.63) is 24.0 Å². The summed E-state index contributed by atoms with van der Waals surface area (Å²) in [6, 6.07) is 3.21. The number of carboxylic acids is 1. The van der Waals surface area contributed by atoms with Gasteiger partial charge in [-0.05, 0) is 25.5 Å². The number of nitrogens with zero attached hydrogens (tertiary/aromatic N) is 1. The first-order chi connectivity index (χ1) is 8.47. The van der Waals surface area contributed by atoms with Crippen molar-refractivity contribution < 1.29 is 14.7 Å². The molecular weight excluding hydrogens is 234 g/mol. The lowest BCUT2D eigenvalue weighted by Gasteiger charge is -2.12. The van der Waals surface area contributed by atoms with Crippen molar-refractivity contribution in [3.8, 4) is 0 Å². The molecule has 98 valence electrons. The van der Waals surface area contributed by atoms with E-state index in [2.05, 4.69) is 10.3 Å². The molecule has 0 aliphatic rings. The number of nitrogens with two attached hydrogens (primary N) is 1. The van der Waals surface area contributed by atoms with Crippen LogP contribution in [0.2, 0.25) is 0 Å². The molecule has 1 aromatic rings. The van der Waals surface area contributed by atoms with Crippen molar-refractivity contribution in [1.82, 2.24) is 10.3 Å². The minimum Gasteiger partial charge on any atom is -0.481 e. The molecule has 0 aromatic carbocycles. The van der Waals surface area contributed by atoms with Gasteiger partial charge >= 0.3 is 5.97 Å². The number of hydrogen-bond acceptors (Lipinski definition) is 4. The Bertz CT molecular complexity index is 417. The van der Waals surface area contributed by atoms with Gasteiger partial charge in [-0.25, -0.2) is 0 Å². The molecule has 1 atom stereocenters. The molecule has 6 heteroatoms. The Balaban J connectivity index is 2.37. The molecule has 0 bridgehead atoms. The van der Waals surface area contributed by atoms with Gasteiger partial charge in [0.25, 0.3) is 0 Å². The molecule has 0 radical (unpaired) electrons. The minimum absolute atomic E-state index is 0.0432. The van der Waals surface area contributed by atoms with Gasteiger partial charge in [-0.1, -0.05) is 0 Å². The van der Waals surface area contributed by atoms with E-state index in [1.54, 1.807) is 19.1 Å². The van der Waals surface area contributed by atoms with E-state index in [4.69, 9.17) is 10.8 Å². The molecule has 4 N–H and O–H groups in total. The molecule has 0 fully saturated rings. The van der Waals surface area contributed by atoms with E-state index in [1.165, 1.54) is 6.20 Å². The predicted molar refractivity (Wildman–Crippen MR) is 66.8 cm³/mol. The fraction of sp³-hybridized carbons (Fsp3) is 0.417. The highest BCUT2D eigenvalue weighted by atomic mass is 16.4. The summed E-state index contributed by atoms with van der Waals surface area (Å²) in [5.41, 5.74) is 6.67. The largest absolute Gasteiger partial charge is 0.481 e. The Hall–Kier alpha value is -2.11. The number of aliphatic carboxylic acids is 1. The maximum Gasteiger partial charge on any atom is 0.303 e. The number of carbonyl (C=O) groups is 2. The summed E-state index contributed by atoms with van der Waals surface area (Å²) in [7, 11) is 0. The normalized spacial score (nSPS) is 11.8. The van der Waals surface area contributed by atoms with Gasteiger partial charge in [0.15, 0.2) is 0 Å². The Morgan fingerprint density at radius 3 is 2.78 bits per heavy atom. The summed E-state index contributed by atoms with van der Waals surface area (Å²) in [4.78, 5) is 26.0. The molecule has 1 heterocycles. The summed E-state index contributed by atoms with van der Waals surface area (Å²) in [6.45, 7) is 1.78. The van der Waals surface area contributed by atoms with Gasteiger partial charge in [-0.3, -0.25) is 14.6 Å². The maximum absolute atomic E-state index is 11.6. The molecule has 0 aliphatic heterocycles. The van der Waals surface area contributed by atoms with Gasteiger partial charge in [0, 0.05) is 18.2 Å². The number of carboxylic acid groups (broad SMARTS) is 1. The van der Waals surface area contributed by atoms with Gasteiger partial charge in [0.05, 0.1) is 18.3 Å². The van der Waals surface area contributed by atoms with Gasteiger partial charge in [-0.2, -0.15) is 0 Å². The Morgan fingerprint density at radius 1 is 1.50 bits per heavy atom. The topological polar surface area (TPSA) is 105 Å². The summed E-state index contributed by atoms with van der Waals surface area (Å²) >= 11 is 0. The van der Waals surface area contributed by atoms with Gasteiger partial charge in [-0.15, -0.1) is 0 Å². The number of hydrogen-bond donors (Lipinski definition) is 3. The van der Waals surface area contributed by atoms with Crippen LogP contribution in [0.4, 0.5) is 5.69 Å². The lowest BCUT2D eigenvalue weighted by atomic mass is 10.1. The zero-order valence-electron chi connectivity index (χ0n) is 10.2. The van der Waals surface area contributed by atoms with Crippen molar-refractivity contribution in [2.75, 3.05) is 5.73 Å². The monoisotopic (exact) mass is 251 g/mol. The molecule has 1 aromatic heterocycles. The van der Waals surface area contributed by atoms with Crippen molar-refractivity contribution in [3.63, 3.8) is 0 Å². The number of aromatic nitrogens is 1. The van der Waals surface area contributed by atoms with E-state index in [0.29, 0.717) is 17.8 Å². The SMILES string of the molecule is CC(CCC(=O)O)NC(=O)Cc1ccc(N)cn1. The van der Waals surface area contributed by atoms with E-state index in [9.17, 15) is 9.59 Å². The van der Waals surface area contributed by atoms with Gasteiger partial charge in [0.2, 0.25) is 5.91 Å². The minimum atomic E-state index is -0.865. The van der Waals surface area contributed by atoms with Crippen LogP contribution in [-0.4, -0.2) is 28.0 Å². The molecule has 1 unspecified atom stereocenters. The first-order valence-electron chi connectivity index (χ1n) is 5.69. The number of rotatable bonds is 6. The maximum atomic E-state index is 11.6. The molecule has 0 saturated heterocycles. The van der Waals surface area contributed by atoms with Crippen molar-refractivity contribution in [1.29, 1.82) is 0 Å². The smallest absolute Gasteiger partial charge is 0.303 e. The third-order valence-corrected chi connectivity index (χ3v) is 2.39. The highest BCUT2D eigenvalue weighted by Crippen LogP contribution is 2.02. The first kappa shape index (κ1) is 14.0. The highest BCUT2D eigenvalue weighted by molar-refractivity contribution is 5.78. The fourth-order valence-electron chi connectivity index (χ4n) is 1.44. The molecule has 0 aliphatic carbocycles. The Morgan fingerprint density at radius 2 is 2.22 bits per heavy atom. The zero-order chi connectivity index (χ0) is 13.5. The third kappa shape index (κ3) is 5.29. The second kappa shape index (κ2) is 6.58. The second-order valence-electron chi connectivity index (χ2n) is 4.16. The average Bonchev–Trinajstić information content (AvgIpc) is 2.29. The average molecular weight is 251 g/mol. The van der Waals surface area contributed by atoms with Crippen LogP contribution < -0.4 is 11.1 Å². The van der Waals surface area contributed by atoms with Crippen molar-refractivity contribution in [2.45, 2.75) is 32.2 Å². The number of pyridine rings is 1. The van der Waals surface area contributed by atoms with E-state index in [0.717, 1.165) is 0 Å². The first-order valence-corrected chi connectivity index (χ1v) is 5.69. The van der Waals surface area contributed by atoms with Crippen LogP contribution in [-0.2, 0) is 16.0 Å². The standard InChI is InChI=1S/C12H17N3O3/c1-8(2-5-12(17)18)15-11(16)6-10-4-3-9(13)7-14-10/h3-4,7-8H,2,5-6,13H2,1H3,(H,15,16)(H,17,18). The highest BCUT2D eigenvalue weighted by Gasteiger charge is 2.10. The van der Waals surface area contributed by atoms with Crippen LogP contribution in [0.5, 0.6) is 0 Å². The summed E-state index contributed by atoms with van der Waals surface area (Å²) in [5, 5.41) is 11.2. The molecule has 0 saturated carbocycles. The zero-order valence-corrected chi connectivity index (χ0v) is 10.2. The van der Waals surface area contributed by atoms with Crippen LogP contribution in [0.25, 0.3) is 0 Å². The lowest BCUT2D eigenvalue weighted by Crippen LogP contribution is -2.34. The molecule has 1 amide bonds.